The third-order valence-corrected chi connectivity index (χ3v) is 7.02. The minimum atomic E-state index is -0.943. The number of aromatic nitrogens is 1. The molecule has 2 unspecified atom stereocenters. The molecule has 0 saturated heterocycles. The van der Waals surface area contributed by atoms with Crippen molar-refractivity contribution < 1.29 is 34.0 Å². The number of hydrogen-bond donors (Lipinski definition) is 2. The summed E-state index contributed by atoms with van der Waals surface area (Å²) >= 11 is 1.40. The van der Waals surface area contributed by atoms with E-state index >= 15 is 0 Å². The van der Waals surface area contributed by atoms with E-state index in [2.05, 4.69) is 4.98 Å². The fourth-order valence-electron chi connectivity index (χ4n) is 4.22. The monoisotopic (exact) mass is 479 g/mol. The Morgan fingerprint density at radius 2 is 1.82 bits per heavy atom. The van der Waals surface area contributed by atoms with Gasteiger partial charge in [-0.25, -0.2) is 4.98 Å². The van der Waals surface area contributed by atoms with Gasteiger partial charge in [0.05, 0.1) is 55.0 Å². The molecule has 0 spiro atoms. The number of nitrogens with zero attached hydrogens (tertiary/aromatic N) is 1. The highest BCUT2D eigenvalue weighted by Gasteiger charge is 2.30. The van der Waals surface area contributed by atoms with E-state index in [1.807, 2.05) is 19.1 Å². The smallest absolute Gasteiger partial charge is 0.309 e. The van der Waals surface area contributed by atoms with Gasteiger partial charge in [-0.05, 0) is 37.5 Å². The van der Waals surface area contributed by atoms with Gasteiger partial charge in [-0.15, -0.1) is 11.3 Å². The van der Waals surface area contributed by atoms with Crippen LogP contribution in [0, 0.1) is 6.92 Å². The van der Waals surface area contributed by atoms with Crippen LogP contribution >= 0.6 is 11.3 Å². The van der Waals surface area contributed by atoms with E-state index in [9.17, 15) is 15.0 Å². The predicted octanol–water partition coefficient (Wildman–Crippen LogP) is 3.85. The van der Waals surface area contributed by atoms with Crippen molar-refractivity contribution in [1.82, 2.24) is 4.98 Å². The second-order valence-corrected chi connectivity index (χ2v) is 9.43. The molecule has 3 rings (SSSR count). The maximum Gasteiger partial charge on any atom is 0.309 e. The normalized spacial score (nSPS) is 16.0. The molecule has 0 bridgehead atoms. The minimum Gasteiger partial charge on any atom is -0.496 e. The highest BCUT2D eigenvalue weighted by atomic mass is 32.1. The lowest BCUT2D eigenvalue weighted by Gasteiger charge is -2.27. The molecule has 33 heavy (non-hydrogen) atoms. The number of methoxy groups -OCH3 is 3. The summed E-state index contributed by atoms with van der Waals surface area (Å²) < 4.78 is 22.6. The third kappa shape index (κ3) is 6.44. The largest absolute Gasteiger partial charge is 0.496 e. The standard InChI is InChI=1S/C24H33NO7S/c1-14-18(30-3)9-15(10-19(14)31-4)24(28)20(32-16-7-5-6-8-16)12-22-25-17(11-23(26)27)21(33-22)13-29-2/h9-10,16,20,24,28H,5-8,11-13H2,1-4H3,(H,26,27). The Balaban J connectivity index is 1.91. The summed E-state index contributed by atoms with van der Waals surface area (Å²) in [5.41, 5.74) is 1.99. The third-order valence-electron chi connectivity index (χ3n) is 5.93. The van der Waals surface area contributed by atoms with Crippen molar-refractivity contribution in [2.75, 3.05) is 21.3 Å². The summed E-state index contributed by atoms with van der Waals surface area (Å²) in [7, 11) is 4.74. The van der Waals surface area contributed by atoms with Crippen LogP contribution in [0.1, 0.15) is 58.5 Å². The Labute approximate surface area is 198 Å². The number of rotatable bonds is 12. The van der Waals surface area contributed by atoms with Gasteiger partial charge in [0.15, 0.2) is 0 Å². The molecule has 2 N–H and O–H groups in total. The van der Waals surface area contributed by atoms with Gasteiger partial charge in [0, 0.05) is 19.1 Å². The van der Waals surface area contributed by atoms with E-state index < -0.39 is 18.2 Å². The SMILES string of the molecule is COCc1sc(CC(OC2CCCC2)C(O)c2cc(OC)c(C)c(OC)c2)nc1CC(=O)O. The average molecular weight is 480 g/mol. The molecule has 1 aliphatic rings. The van der Waals surface area contributed by atoms with Gasteiger partial charge >= 0.3 is 5.97 Å². The van der Waals surface area contributed by atoms with Crippen molar-refractivity contribution in [2.45, 2.75) is 70.4 Å². The van der Waals surface area contributed by atoms with E-state index in [4.69, 9.17) is 18.9 Å². The number of ether oxygens (including phenoxy) is 4. The maximum atomic E-state index is 11.4. The fourth-order valence-corrected chi connectivity index (χ4v) is 5.32. The number of hydrogen-bond acceptors (Lipinski definition) is 8. The number of benzene rings is 1. The van der Waals surface area contributed by atoms with Crippen LogP contribution in [0.3, 0.4) is 0 Å². The fraction of sp³-hybridized carbons (Fsp3) is 0.583. The molecular formula is C24H33NO7S. The summed E-state index contributed by atoms with van der Waals surface area (Å²) in [5.74, 6) is 0.314. The first-order valence-corrected chi connectivity index (χ1v) is 11.9. The summed E-state index contributed by atoms with van der Waals surface area (Å²) in [4.78, 5) is 16.6. The highest BCUT2D eigenvalue weighted by molar-refractivity contribution is 7.11. The summed E-state index contributed by atoms with van der Waals surface area (Å²) in [5, 5.41) is 21.3. The number of aliphatic carboxylic acids is 1. The molecule has 1 aromatic carbocycles. The predicted molar refractivity (Wildman–Crippen MR) is 124 cm³/mol. The topological polar surface area (TPSA) is 107 Å². The van der Waals surface area contributed by atoms with Gasteiger partial charge < -0.3 is 29.2 Å². The van der Waals surface area contributed by atoms with Crippen LogP contribution < -0.4 is 9.47 Å². The molecule has 2 aromatic rings. The van der Waals surface area contributed by atoms with Gasteiger partial charge in [0.2, 0.25) is 0 Å². The zero-order chi connectivity index (χ0) is 24.0. The summed E-state index contributed by atoms with van der Waals surface area (Å²) in [6.07, 6.45) is 2.92. The van der Waals surface area contributed by atoms with Crippen molar-refractivity contribution in [1.29, 1.82) is 0 Å². The van der Waals surface area contributed by atoms with Gasteiger partial charge in [0.1, 0.15) is 17.6 Å². The lowest BCUT2D eigenvalue weighted by atomic mass is 9.99. The van der Waals surface area contributed by atoms with Crippen LogP contribution in [0.15, 0.2) is 12.1 Å². The van der Waals surface area contributed by atoms with Crippen LogP contribution in [-0.4, -0.2) is 54.7 Å². The molecule has 1 aliphatic carbocycles. The molecule has 9 heteroatoms. The number of carbonyl (C=O) groups is 1. The summed E-state index contributed by atoms with van der Waals surface area (Å²) in [6.45, 7) is 2.19. The number of aliphatic hydroxyl groups is 1. The molecule has 0 aliphatic heterocycles. The van der Waals surface area contributed by atoms with Gasteiger partial charge in [0.25, 0.3) is 0 Å². The Bertz CT molecular complexity index is 914. The zero-order valence-electron chi connectivity index (χ0n) is 19.6. The Morgan fingerprint density at radius 3 is 2.36 bits per heavy atom. The molecule has 1 heterocycles. The van der Waals surface area contributed by atoms with Crippen LogP contribution in [0.4, 0.5) is 0 Å². The molecule has 1 saturated carbocycles. The van der Waals surface area contributed by atoms with Gasteiger partial charge in [-0.1, -0.05) is 12.8 Å². The van der Waals surface area contributed by atoms with E-state index in [1.54, 1.807) is 21.3 Å². The maximum absolute atomic E-state index is 11.4. The lowest BCUT2D eigenvalue weighted by Crippen LogP contribution is -2.29. The average Bonchev–Trinajstić information content (AvgIpc) is 3.43. The molecule has 2 atom stereocenters. The van der Waals surface area contributed by atoms with Crippen LogP contribution in [-0.2, 0) is 33.7 Å². The first-order chi connectivity index (χ1) is 15.9. The van der Waals surface area contributed by atoms with Crippen molar-refractivity contribution in [2.24, 2.45) is 0 Å². The zero-order valence-corrected chi connectivity index (χ0v) is 20.4. The van der Waals surface area contributed by atoms with E-state index in [-0.39, 0.29) is 12.5 Å². The van der Waals surface area contributed by atoms with E-state index in [1.165, 1.54) is 11.3 Å². The molecule has 8 nitrogen and oxygen atoms in total. The number of aliphatic hydroxyl groups excluding tert-OH is 1. The van der Waals surface area contributed by atoms with Crippen LogP contribution in [0.2, 0.25) is 0 Å². The molecule has 0 amide bonds. The highest BCUT2D eigenvalue weighted by Crippen LogP contribution is 2.36. The van der Waals surface area contributed by atoms with Crippen LogP contribution in [0.5, 0.6) is 11.5 Å². The molecule has 0 radical (unpaired) electrons. The minimum absolute atomic E-state index is 0.0794. The van der Waals surface area contributed by atoms with Gasteiger partial charge in [-0.2, -0.15) is 0 Å². The Hall–Kier alpha value is -2.20. The number of thiazole rings is 1. The number of carboxylic acid groups (broad SMARTS) is 1. The van der Waals surface area contributed by atoms with Crippen LogP contribution in [0.25, 0.3) is 0 Å². The van der Waals surface area contributed by atoms with Crippen molar-refractivity contribution in [3.63, 3.8) is 0 Å². The lowest BCUT2D eigenvalue weighted by molar-refractivity contribution is -0.136. The van der Waals surface area contributed by atoms with Gasteiger partial charge in [-0.3, -0.25) is 4.79 Å². The Morgan fingerprint density at radius 1 is 1.18 bits per heavy atom. The van der Waals surface area contributed by atoms with E-state index in [0.29, 0.717) is 40.8 Å². The molecule has 182 valence electrons. The molecular weight excluding hydrogens is 446 g/mol. The van der Waals surface area contributed by atoms with Crippen molar-refractivity contribution in [3.8, 4) is 11.5 Å². The van der Waals surface area contributed by atoms with Crippen molar-refractivity contribution >= 4 is 17.3 Å². The first-order valence-electron chi connectivity index (χ1n) is 11.1. The number of carboxylic acids is 1. The first kappa shape index (κ1) is 25.4. The molecule has 1 aromatic heterocycles. The Kier molecular flexibility index (Phi) is 9.08. The van der Waals surface area contributed by atoms with E-state index in [0.717, 1.165) is 36.1 Å². The summed E-state index contributed by atoms with van der Waals surface area (Å²) in [6, 6.07) is 3.61. The second kappa shape index (κ2) is 11.8. The quantitative estimate of drug-likeness (QED) is 0.473. The van der Waals surface area contributed by atoms with Crippen molar-refractivity contribution in [3.05, 3.63) is 38.8 Å². The molecule has 1 fully saturated rings. The second-order valence-electron chi connectivity index (χ2n) is 8.26.